The van der Waals surface area contributed by atoms with Gasteiger partial charge in [-0.05, 0) is 25.5 Å². The van der Waals surface area contributed by atoms with Crippen molar-refractivity contribution in [3.8, 4) is 0 Å². The second-order valence-corrected chi connectivity index (χ2v) is 6.17. The van der Waals surface area contributed by atoms with Gasteiger partial charge in [0.2, 0.25) is 6.17 Å². The maximum atomic E-state index is 13.1. The summed E-state index contributed by atoms with van der Waals surface area (Å²) in [5.74, 6) is -4.28. The molecule has 0 amide bonds. The van der Waals surface area contributed by atoms with Crippen LogP contribution in [-0.4, -0.2) is 42.1 Å². The lowest BCUT2D eigenvalue weighted by Gasteiger charge is -2.20. The lowest BCUT2D eigenvalue weighted by atomic mass is 10.1. The van der Waals surface area contributed by atoms with Gasteiger partial charge in [0.25, 0.3) is 12.3 Å². The summed E-state index contributed by atoms with van der Waals surface area (Å²) >= 11 is 1.15. The Hall–Kier alpha value is -0.530. The van der Waals surface area contributed by atoms with E-state index in [0.29, 0.717) is 6.42 Å². The lowest BCUT2D eigenvalue weighted by Crippen LogP contribution is -2.35. The first kappa shape index (κ1) is 21.5. The Labute approximate surface area is 132 Å². The van der Waals surface area contributed by atoms with Crippen LogP contribution in [0.4, 0.5) is 22.0 Å². The van der Waals surface area contributed by atoms with Gasteiger partial charge in [-0.2, -0.15) is 0 Å². The van der Waals surface area contributed by atoms with Gasteiger partial charge < -0.3 is 4.74 Å². The molecule has 0 heterocycles. The zero-order valence-corrected chi connectivity index (χ0v) is 13.6. The third kappa shape index (κ3) is 8.19. The third-order valence-corrected chi connectivity index (χ3v) is 4.32. The molecule has 132 valence electrons. The number of hydrogen-bond donors (Lipinski definition) is 0. The topological polar surface area (TPSA) is 26.3 Å². The van der Waals surface area contributed by atoms with Crippen LogP contribution in [-0.2, 0) is 9.53 Å². The van der Waals surface area contributed by atoms with E-state index in [1.807, 2.05) is 6.92 Å². The van der Waals surface area contributed by atoms with E-state index >= 15 is 0 Å². The van der Waals surface area contributed by atoms with Crippen molar-refractivity contribution in [2.45, 2.75) is 69.7 Å². The molecule has 22 heavy (non-hydrogen) atoms. The quantitative estimate of drug-likeness (QED) is 0.286. The van der Waals surface area contributed by atoms with Crippen LogP contribution in [0.15, 0.2) is 0 Å². The number of carbonyl (C=O) groups is 1. The summed E-state index contributed by atoms with van der Waals surface area (Å²) in [7, 11) is 0. The molecular weight excluding hydrogens is 327 g/mol. The van der Waals surface area contributed by atoms with E-state index in [2.05, 4.69) is 0 Å². The molecule has 0 fully saturated rings. The number of hydrogen-bond acceptors (Lipinski definition) is 3. The molecule has 0 N–H and O–H groups in total. The van der Waals surface area contributed by atoms with Gasteiger partial charge in [0.05, 0.1) is 6.61 Å². The van der Waals surface area contributed by atoms with E-state index in [-0.39, 0.29) is 18.8 Å². The summed E-state index contributed by atoms with van der Waals surface area (Å²) in [4.78, 5) is 11.7. The normalized spacial score (nSPS) is 14.9. The molecule has 0 bridgehead atoms. The van der Waals surface area contributed by atoms with E-state index < -0.39 is 36.2 Å². The largest absolute Gasteiger partial charge is 0.465 e. The monoisotopic (exact) mass is 350 g/mol. The average Bonchev–Trinajstić information content (AvgIpc) is 2.45. The minimum atomic E-state index is -4.04. The van der Waals surface area contributed by atoms with Crippen molar-refractivity contribution < 1.29 is 31.5 Å². The predicted octanol–water partition coefficient (Wildman–Crippen LogP) is 4.86. The summed E-state index contributed by atoms with van der Waals surface area (Å²) in [5.41, 5.74) is 0. The fourth-order valence-electron chi connectivity index (χ4n) is 1.75. The average molecular weight is 350 g/mol. The van der Waals surface area contributed by atoms with E-state index in [9.17, 15) is 26.7 Å². The van der Waals surface area contributed by atoms with Gasteiger partial charge in [-0.15, -0.1) is 11.8 Å². The highest BCUT2D eigenvalue weighted by Crippen LogP contribution is 2.32. The molecule has 0 rings (SSSR count). The highest BCUT2D eigenvalue weighted by Gasteiger charge is 2.45. The number of rotatable bonds is 12. The summed E-state index contributed by atoms with van der Waals surface area (Å²) in [5, 5.41) is -0.454. The van der Waals surface area contributed by atoms with Crippen LogP contribution < -0.4 is 0 Å². The van der Waals surface area contributed by atoms with Crippen LogP contribution in [0.25, 0.3) is 0 Å². The third-order valence-electron chi connectivity index (χ3n) is 2.97. The number of halogens is 5. The van der Waals surface area contributed by atoms with Crippen LogP contribution in [0.3, 0.4) is 0 Å². The fourth-order valence-corrected chi connectivity index (χ4v) is 2.88. The van der Waals surface area contributed by atoms with E-state index in [1.54, 1.807) is 6.92 Å². The number of carbonyl (C=O) groups excluding carboxylic acids is 1. The zero-order chi connectivity index (χ0) is 17.2. The molecular formula is C14H23F5O2S. The summed E-state index contributed by atoms with van der Waals surface area (Å²) < 4.78 is 67.8. The van der Waals surface area contributed by atoms with E-state index in [0.717, 1.165) is 24.6 Å². The second-order valence-electron chi connectivity index (χ2n) is 4.85. The molecule has 0 aromatic carbocycles. The Kier molecular flexibility index (Phi) is 10.8. The maximum Gasteiger partial charge on any atom is 0.319 e. The maximum absolute atomic E-state index is 13.1. The molecule has 0 aliphatic rings. The van der Waals surface area contributed by atoms with Crippen molar-refractivity contribution in [1.82, 2.24) is 0 Å². The van der Waals surface area contributed by atoms with Crippen molar-refractivity contribution in [2.75, 3.05) is 12.4 Å². The zero-order valence-electron chi connectivity index (χ0n) is 12.8. The van der Waals surface area contributed by atoms with Crippen LogP contribution in [0, 0.1) is 0 Å². The highest BCUT2D eigenvalue weighted by molar-refractivity contribution is 8.00. The van der Waals surface area contributed by atoms with E-state index in [1.165, 1.54) is 0 Å². The minimum absolute atomic E-state index is 0.146. The highest BCUT2D eigenvalue weighted by atomic mass is 32.2. The van der Waals surface area contributed by atoms with Crippen molar-refractivity contribution in [1.29, 1.82) is 0 Å². The van der Waals surface area contributed by atoms with Crippen molar-refractivity contribution >= 4 is 17.7 Å². The molecule has 8 heteroatoms. The number of thioether (sulfide) groups is 1. The molecule has 0 aromatic rings. The molecule has 0 aliphatic carbocycles. The van der Waals surface area contributed by atoms with Crippen molar-refractivity contribution in [3.05, 3.63) is 0 Å². The molecule has 0 saturated carbocycles. The first-order chi connectivity index (χ1) is 10.3. The molecule has 2 nitrogen and oxygen atoms in total. The van der Waals surface area contributed by atoms with Gasteiger partial charge in [0.1, 0.15) is 5.25 Å². The van der Waals surface area contributed by atoms with Gasteiger partial charge in [0, 0.05) is 6.42 Å². The van der Waals surface area contributed by atoms with Crippen LogP contribution in [0.1, 0.15) is 46.0 Å². The Morgan fingerprint density at radius 1 is 1.18 bits per heavy atom. The first-order valence-corrected chi connectivity index (χ1v) is 8.39. The van der Waals surface area contributed by atoms with Crippen molar-refractivity contribution in [2.24, 2.45) is 0 Å². The fraction of sp³-hybridized carbons (Fsp3) is 0.929. The molecule has 0 saturated heterocycles. The van der Waals surface area contributed by atoms with Crippen LogP contribution >= 0.6 is 11.8 Å². The minimum Gasteiger partial charge on any atom is -0.465 e. The van der Waals surface area contributed by atoms with Crippen LogP contribution in [0.2, 0.25) is 0 Å². The number of unbranched alkanes of at least 4 members (excludes halogenated alkanes) is 1. The Morgan fingerprint density at radius 3 is 2.32 bits per heavy atom. The molecule has 2 unspecified atom stereocenters. The molecule has 0 aromatic heterocycles. The second kappa shape index (κ2) is 11.1. The van der Waals surface area contributed by atoms with E-state index in [4.69, 9.17) is 4.74 Å². The summed E-state index contributed by atoms with van der Waals surface area (Å²) in [6.07, 6.45) is -6.00. The number of ether oxygens (including phenoxy) is 1. The van der Waals surface area contributed by atoms with Gasteiger partial charge in [-0.25, -0.2) is 22.0 Å². The molecule has 0 spiro atoms. The molecule has 2 atom stereocenters. The standard InChI is InChI=1S/C14H23F5O2S/c1-3-5-7-10(13(20)21-4-2)22-9-6-8-14(18,19)11(15)12(16)17/h10-12H,3-9H2,1-2H3. The Balaban J connectivity index is 4.24. The lowest BCUT2D eigenvalue weighted by molar-refractivity contribution is -0.142. The summed E-state index contributed by atoms with van der Waals surface area (Å²) in [6, 6.07) is 0. The van der Waals surface area contributed by atoms with Crippen LogP contribution in [0.5, 0.6) is 0 Å². The van der Waals surface area contributed by atoms with Gasteiger partial charge >= 0.3 is 5.97 Å². The first-order valence-electron chi connectivity index (χ1n) is 7.34. The summed E-state index contributed by atoms with van der Waals surface area (Å²) in [6.45, 7) is 3.86. The predicted molar refractivity (Wildman–Crippen MR) is 77.5 cm³/mol. The van der Waals surface area contributed by atoms with Gasteiger partial charge in [-0.3, -0.25) is 4.79 Å². The van der Waals surface area contributed by atoms with Crippen molar-refractivity contribution in [3.63, 3.8) is 0 Å². The number of alkyl halides is 5. The van der Waals surface area contributed by atoms with Gasteiger partial charge in [0.15, 0.2) is 0 Å². The Morgan fingerprint density at radius 2 is 1.82 bits per heavy atom. The molecule has 0 aliphatic heterocycles. The Bertz CT molecular complexity index is 316. The molecule has 0 radical (unpaired) electrons. The van der Waals surface area contributed by atoms with Gasteiger partial charge in [-0.1, -0.05) is 19.8 Å². The SMILES string of the molecule is CCCCC(SCCCC(F)(F)C(F)C(F)F)C(=O)OCC. The number of esters is 1. The smallest absolute Gasteiger partial charge is 0.319 e.